The Morgan fingerprint density at radius 2 is 1.34 bits per heavy atom. The molecule has 1 atom stereocenters. The molecule has 1 unspecified atom stereocenters. The molecule has 0 aromatic heterocycles. The highest BCUT2D eigenvalue weighted by Gasteiger charge is 2.49. The Kier molecular flexibility index (Phi) is 10.4. The van der Waals surface area contributed by atoms with Gasteiger partial charge in [0.2, 0.25) is 5.91 Å². The summed E-state index contributed by atoms with van der Waals surface area (Å²) in [5, 5.41) is 16.6. The third-order valence-corrected chi connectivity index (χ3v) is 9.94. The summed E-state index contributed by atoms with van der Waals surface area (Å²) in [6, 6.07) is 26.9. The maximum atomic E-state index is 13.7. The molecule has 4 aromatic rings. The molecule has 5 nitrogen and oxygen atoms in total. The van der Waals surface area contributed by atoms with E-state index in [0.29, 0.717) is 29.5 Å². The first-order valence-corrected chi connectivity index (χ1v) is 16.8. The first-order chi connectivity index (χ1) is 23.9. The average molecular weight is 696 g/mol. The number of aliphatic hydroxyl groups excluding tert-OH is 1. The van der Waals surface area contributed by atoms with Gasteiger partial charge >= 0.3 is 12.4 Å². The Morgan fingerprint density at radius 1 is 0.780 bits per heavy atom. The molecule has 0 saturated carbocycles. The van der Waals surface area contributed by atoms with Gasteiger partial charge in [0.15, 0.2) is 0 Å². The number of benzene rings is 4. The summed E-state index contributed by atoms with van der Waals surface area (Å²) < 4.78 is 78.7. The van der Waals surface area contributed by atoms with Crippen molar-refractivity contribution in [3.8, 4) is 22.3 Å². The smallest absolute Gasteiger partial charge is 0.374 e. The number of aliphatic hydroxyl groups is 1. The number of carbonyl (C=O) groups is 1. The molecule has 4 aromatic carbocycles. The molecule has 264 valence electrons. The normalized spacial score (nSPS) is 16.9. The number of nitrogens with one attached hydrogen (secondary N) is 2. The standard InChI is InChI=1S/C39H39F6N3O2/c40-38(41,42)25-46-36(50)37(33-13-5-3-10-30(33)31-11-4-6-14-34(31)37)21-7-8-22-48-23-19-28(20-24-48)47-35(49)32-12-2-1-9-29(32)26-15-17-27(18-16-26)39(43,44)45/h1-6,9-18,28,35,47,49H,7-8,19-25H2,(H,46,50). The number of likely N-dealkylation sites (tertiary alicyclic amines) is 1. The number of carbonyl (C=O) groups excluding carboxylic acids is 1. The minimum atomic E-state index is -4.53. The lowest BCUT2D eigenvalue weighted by Gasteiger charge is -2.34. The number of rotatable bonds is 11. The third kappa shape index (κ3) is 7.60. The highest BCUT2D eigenvalue weighted by atomic mass is 19.4. The minimum Gasteiger partial charge on any atom is -0.374 e. The van der Waals surface area contributed by atoms with Crippen molar-refractivity contribution in [3.05, 3.63) is 119 Å². The van der Waals surface area contributed by atoms with Crippen LogP contribution in [0.25, 0.3) is 22.3 Å². The van der Waals surface area contributed by atoms with Crippen LogP contribution < -0.4 is 10.6 Å². The summed E-state index contributed by atoms with van der Waals surface area (Å²) >= 11 is 0. The molecular weight excluding hydrogens is 656 g/mol. The fourth-order valence-electron chi connectivity index (χ4n) is 7.48. The topological polar surface area (TPSA) is 64.6 Å². The second kappa shape index (κ2) is 14.6. The number of nitrogens with zero attached hydrogens (tertiary/aromatic N) is 1. The van der Waals surface area contributed by atoms with Crippen LogP contribution in [0, 0.1) is 0 Å². The zero-order valence-electron chi connectivity index (χ0n) is 27.3. The van der Waals surface area contributed by atoms with E-state index in [4.69, 9.17) is 0 Å². The molecule has 1 aliphatic carbocycles. The molecule has 0 radical (unpaired) electrons. The molecule has 3 N–H and O–H groups in total. The molecule has 0 spiro atoms. The van der Waals surface area contributed by atoms with Gasteiger partial charge in [0.1, 0.15) is 18.2 Å². The van der Waals surface area contributed by atoms with E-state index in [9.17, 15) is 36.2 Å². The van der Waals surface area contributed by atoms with E-state index in [0.717, 1.165) is 73.3 Å². The monoisotopic (exact) mass is 695 g/mol. The Labute approximate surface area is 287 Å². The van der Waals surface area contributed by atoms with E-state index in [1.165, 1.54) is 12.1 Å². The lowest BCUT2D eigenvalue weighted by atomic mass is 9.73. The number of hydrogen-bond acceptors (Lipinski definition) is 4. The van der Waals surface area contributed by atoms with Crippen LogP contribution in [0.15, 0.2) is 97.1 Å². The van der Waals surface area contributed by atoms with Gasteiger partial charge in [-0.25, -0.2) is 0 Å². The number of piperidine rings is 1. The molecule has 1 amide bonds. The molecular formula is C39H39F6N3O2. The van der Waals surface area contributed by atoms with Gasteiger partial charge < -0.3 is 15.3 Å². The number of hydrogen-bond donors (Lipinski definition) is 3. The van der Waals surface area contributed by atoms with Gasteiger partial charge in [-0.3, -0.25) is 10.1 Å². The summed E-state index contributed by atoms with van der Waals surface area (Å²) in [6.07, 6.45) is -6.69. The highest BCUT2D eigenvalue weighted by Crippen LogP contribution is 2.51. The van der Waals surface area contributed by atoms with E-state index in [1.807, 2.05) is 48.5 Å². The van der Waals surface area contributed by atoms with Crippen molar-refractivity contribution in [2.45, 2.75) is 62.1 Å². The van der Waals surface area contributed by atoms with Crippen LogP contribution in [0.1, 0.15) is 60.6 Å². The Balaban J connectivity index is 1.05. The van der Waals surface area contributed by atoms with Gasteiger partial charge in [-0.05, 0) is 90.8 Å². The molecule has 50 heavy (non-hydrogen) atoms. The third-order valence-electron chi connectivity index (χ3n) is 9.94. The Bertz CT molecular complexity index is 1740. The Morgan fingerprint density at radius 3 is 1.92 bits per heavy atom. The van der Waals surface area contributed by atoms with Gasteiger partial charge in [0, 0.05) is 11.6 Å². The summed E-state index contributed by atoms with van der Waals surface area (Å²) in [7, 11) is 0. The largest absolute Gasteiger partial charge is 0.416 e. The van der Waals surface area contributed by atoms with E-state index >= 15 is 0 Å². The quantitative estimate of drug-likeness (QED) is 0.0841. The summed E-state index contributed by atoms with van der Waals surface area (Å²) in [5.41, 5.74) is 3.04. The van der Waals surface area contributed by atoms with Crippen LogP contribution in [0.5, 0.6) is 0 Å². The SMILES string of the molecule is O=C(NCC(F)(F)F)C1(CCCCN2CCC(NC(O)c3ccccc3-c3ccc(C(F)(F)F)cc3)CC2)c2ccccc2-c2ccccc21. The molecule has 2 aliphatic rings. The van der Waals surface area contributed by atoms with E-state index < -0.39 is 42.0 Å². The van der Waals surface area contributed by atoms with Crippen LogP contribution in [-0.2, 0) is 16.4 Å². The van der Waals surface area contributed by atoms with Crippen LogP contribution in [0.4, 0.5) is 26.3 Å². The fraction of sp³-hybridized carbons (Fsp3) is 0.359. The van der Waals surface area contributed by atoms with Gasteiger partial charge in [0.25, 0.3) is 0 Å². The first kappa shape index (κ1) is 35.6. The first-order valence-electron chi connectivity index (χ1n) is 16.8. The predicted octanol–water partition coefficient (Wildman–Crippen LogP) is 8.23. The number of fused-ring (bicyclic) bond motifs is 3. The van der Waals surface area contributed by atoms with Crippen molar-refractivity contribution in [3.63, 3.8) is 0 Å². The molecule has 1 heterocycles. The maximum absolute atomic E-state index is 13.7. The zero-order chi connectivity index (χ0) is 35.5. The highest BCUT2D eigenvalue weighted by molar-refractivity contribution is 6.00. The van der Waals surface area contributed by atoms with Gasteiger partial charge in [-0.1, -0.05) is 91.3 Å². The summed E-state index contributed by atoms with van der Waals surface area (Å²) in [4.78, 5) is 16.0. The van der Waals surface area contributed by atoms with E-state index in [2.05, 4.69) is 15.5 Å². The molecule has 1 fully saturated rings. The average Bonchev–Trinajstić information content (AvgIpc) is 3.39. The van der Waals surface area contributed by atoms with Gasteiger partial charge in [0.05, 0.1) is 5.56 Å². The second-order valence-corrected chi connectivity index (χ2v) is 13.1. The van der Waals surface area contributed by atoms with Crippen LogP contribution in [0.3, 0.4) is 0 Å². The second-order valence-electron chi connectivity index (χ2n) is 13.1. The van der Waals surface area contributed by atoms with Crippen LogP contribution >= 0.6 is 0 Å². The fourth-order valence-corrected chi connectivity index (χ4v) is 7.48. The van der Waals surface area contributed by atoms with Crippen molar-refractivity contribution in [1.82, 2.24) is 15.5 Å². The van der Waals surface area contributed by atoms with Crippen molar-refractivity contribution >= 4 is 5.91 Å². The zero-order valence-corrected chi connectivity index (χ0v) is 27.3. The number of amides is 1. The van der Waals surface area contributed by atoms with Crippen LogP contribution in [0.2, 0.25) is 0 Å². The molecule has 11 heteroatoms. The van der Waals surface area contributed by atoms with Gasteiger partial charge in [-0.2, -0.15) is 26.3 Å². The molecule has 0 bridgehead atoms. The van der Waals surface area contributed by atoms with Crippen LogP contribution in [-0.4, -0.2) is 54.3 Å². The molecule has 1 aliphatic heterocycles. The number of unbranched alkanes of at least 4 members (excludes halogenated alkanes) is 1. The lowest BCUT2D eigenvalue weighted by molar-refractivity contribution is -0.141. The Hall–Kier alpha value is -4.19. The summed E-state index contributed by atoms with van der Waals surface area (Å²) in [5.74, 6) is -0.641. The lowest BCUT2D eigenvalue weighted by Crippen LogP contribution is -2.47. The molecule has 6 rings (SSSR count). The maximum Gasteiger partial charge on any atom is 0.416 e. The van der Waals surface area contributed by atoms with Crippen molar-refractivity contribution in [2.75, 3.05) is 26.2 Å². The predicted molar refractivity (Wildman–Crippen MR) is 180 cm³/mol. The number of alkyl halides is 6. The van der Waals surface area contributed by atoms with Crippen molar-refractivity contribution in [1.29, 1.82) is 0 Å². The van der Waals surface area contributed by atoms with Crippen molar-refractivity contribution < 1.29 is 36.2 Å². The van der Waals surface area contributed by atoms with Gasteiger partial charge in [-0.15, -0.1) is 0 Å². The minimum absolute atomic E-state index is 0.0222. The number of halogens is 6. The molecule has 1 saturated heterocycles. The summed E-state index contributed by atoms with van der Waals surface area (Å²) in [6.45, 7) is 0.910. The van der Waals surface area contributed by atoms with E-state index in [-0.39, 0.29) is 6.04 Å². The van der Waals surface area contributed by atoms with Crippen molar-refractivity contribution in [2.24, 2.45) is 0 Å². The van der Waals surface area contributed by atoms with E-state index in [1.54, 1.807) is 24.3 Å².